The molecule has 12 rings (SSSR count). The molecule has 2 heterocycles. The third-order valence-corrected chi connectivity index (χ3v) is 12.9. The van der Waals surface area contributed by atoms with Gasteiger partial charge in [-0.05, 0) is 67.8 Å². The molecule has 3 nitrogen and oxygen atoms in total. The number of rotatable bonds is 4. The smallest absolute Gasteiger partial charge is 0.164 e. The lowest BCUT2D eigenvalue weighted by Gasteiger charge is -2.30. The van der Waals surface area contributed by atoms with Crippen molar-refractivity contribution in [2.75, 3.05) is 0 Å². The minimum absolute atomic E-state index is 0.424. The molecule has 1 spiro atoms. The van der Waals surface area contributed by atoms with Crippen molar-refractivity contribution < 1.29 is 0 Å². The first kappa shape index (κ1) is 31.4. The van der Waals surface area contributed by atoms with Gasteiger partial charge in [-0.2, -0.15) is 0 Å². The van der Waals surface area contributed by atoms with Crippen LogP contribution in [0.25, 0.3) is 87.7 Å². The maximum atomic E-state index is 5.37. The second kappa shape index (κ2) is 12.0. The number of benzene rings is 8. The summed E-state index contributed by atoms with van der Waals surface area (Å²) >= 11 is 1.81. The third-order valence-electron chi connectivity index (χ3n) is 11.8. The fourth-order valence-corrected chi connectivity index (χ4v) is 10.7. The van der Waals surface area contributed by atoms with Crippen LogP contribution in [0, 0.1) is 0 Å². The van der Waals surface area contributed by atoms with E-state index in [4.69, 9.17) is 15.0 Å². The molecule has 260 valence electrons. The molecule has 4 heteroatoms. The molecule has 0 radical (unpaired) electrons. The van der Waals surface area contributed by atoms with Gasteiger partial charge in [-0.15, -0.1) is 11.3 Å². The summed E-state index contributed by atoms with van der Waals surface area (Å²) in [5.41, 5.74) is 15.2. The Morgan fingerprint density at radius 3 is 1.55 bits per heavy atom. The summed E-state index contributed by atoms with van der Waals surface area (Å²) in [7, 11) is 0. The second-order valence-electron chi connectivity index (χ2n) is 14.6. The van der Waals surface area contributed by atoms with Crippen LogP contribution < -0.4 is 0 Å². The Hall–Kier alpha value is -7.01. The van der Waals surface area contributed by atoms with Crippen LogP contribution in [0.4, 0.5) is 0 Å². The lowest BCUT2D eigenvalue weighted by Crippen LogP contribution is -2.25. The number of thiophene rings is 1. The first-order chi connectivity index (χ1) is 27.8. The van der Waals surface area contributed by atoms with Crippen LogP contribution in [0.2, 0.25) is 0 Å². The van der Waals surface area contributed by atoms with Crippen molar-refractivity contribution >= 4 is 31.5 Å². The fourth-order valence-electron chi connectivity index (χ4n) is 9.58. The van der Waals surface area contributed by atoms with Crippen LogP contribution in [-0.2, 0) is 5.41 Å². The molecule has 0 amide bonds. The van der Waals surface area contributed by atoms with E-state index in [1.807, 2.05) is 18.2 Å². The maximum absolute atomic E-state index is 5.37. The Labute approximate surface area is 328 Å². The molecule has 2 aliphatic rings. The first-order valence-corrected chi connectivity index (χ1v) is 19.9. The Kier molecular flexibility index (Phi) is 6.72. The fraction of sp³-hybridized carbons (Fsp3) is 0.0192. The minimum atomic E-state index is -0.424. The van der Waals surface area contributed by atoms with Gasteiger partial charge in [0, 0.05) is 36.9 Å². The molecular weight excluding hydrogens is 699 g/mol. The molecule has 0 bridgehead atoms. The van der Waals surface area contributed by atoms with Gasteiger partial charge in [-0.1, -0.05) is 176 Å². The molecule has 0 atom stereocenters. The zero-order valence-corrected chi connectivity index (χ0v) is 31.0. The molecule has 2 aliphatic carbocycles. The predicted molar refractivity (Wildman–Crippen MR) is 231 cm³/mol. The highest BCUT2D eigenvalue weighted by atomic mass is 32.1. The van der Waals surface area contributed by atoms with E-state index in [1.165, 1.54) is 70.2 Å². The number of hydrogen-bond acceptors (Lipinski definition) is 4. The molecular formula is C52H31N3S. The lowest BCUT2D eigenvalue weighted by molar-refractivity contribution is 0.794. The summed E-state index contributed by atoms with van der Waals surface area (Å²) in [4.78, 5) is 15.8. The predicted octanol–water partition coefficient (Wildman–Crippen LogP) is 13.3. The van der Waals surface area contributed by atoms with E-state index in [0.717, 1.165) is 22.3 Å². The van der Waals surface area contributed by atoms with E-state index in [1.54, 1.807) is 11.3 Å². The lowest BCUT2D eigenvalue weighted by atomic mass is 9.70. The van der Waals surface area contributed by atoms with E-state index in [-0.39, 0.29) is 0 Å². The number of hydrogen-bond donors (Lipinski definition) is 0. The summed E-state index contributed by atoms with van der Waals surface area (Å²) in [5, 5.41) is 2.40. The Morgan fingerprint density at radius 2 is 0.804 bits per heavy atom. The minimum Gasteiger partial charge on any atom is -0.208 e. The zero-order valence-electron chi connectivity index (χ0n) is 30.1. The van der Waals surface area contributed by atoms with E-state index in [9.17, 15) is 0 Å². The molecule has 0 saturated carbocycles. The molecule has 56 heavy (non-hydrogen) atoms. The van der Waals surface area contributed by atoms with E-state index >= 15 is 0 Å². The van der Waals surface area contributed by atoms with Crippen LogP contribution >= 0.6 is 11.3 Å². The number of nitrogens with zero attached hydrogens (tertiary/aromatic N) is 3. The highest BCUT2D eigenvalue weighted by Crippen LogP contribution is 2.64. The maximum Gasteiger partial charge on any atom is 0.164 e. The monoisotopic (exact) mass is 729 g/mol. The van der Waals surface area contributed by atoms with Gasteiger partial charge in [0.2, 0.25) is 0 Å². The van der Waals surface area contributed by atoms with Crippen molar-refractivity contribution in [1.29, 1.82) is 0 Å². The summed E-state index contributed by atoms with van der Waals surface area (Å²) < 4.78 is 2.47. The highest BCUT2D eigenvalue weighted by Gasteiger charge is 2.52. The quantitative estimate of drug-likeness (QED) is 0.181. The SMILES string of the molecule is c1ccc(-c2nc(-c3ccccc3-c3cccc4c3-c3ccccc3C43c4ccccc4-c4ccccc43)nc(-c3cccc4sc5ccccc5c34)n2)cc1. The largest absolute Gasteiger partial charge is 0.208 e. The van der Waals surface area contributed by atoms with Crippen molar-refractivity contribution in [2.45, 2.75) is 5.41 Å². The Balaban J connectivity index is 1.12. The Morgan fingerprint density at radius 1 is 0.321 bits per heavy atom. The van der Waals surface area contributed by atoms with Crippen LogP contribution in [0.1, 0.15) is 22.3 Å². The van der Waals surface area contributed by atoms with E-state index in [0.29, 0.717) is 17.5 Å². The standard InChI is InChI=1S/C52H31N3S/c1-2-16-32(17-3-1)49-53-50(55-51(54-49)40-25-15-31-46-48(40)39-23-9-13-30-45(39)56-46)37-21-5-4-18-33(37)36-24-14-29-44-47(36)38-22-8-12-28-43(38)52(44)41-26-10-6-19-34(41)35-20-7-11-27-42(35)52/h1-31H. The number of aromatic nitrogens is 3. The second-order valence-corrected chi connectivity index (χ2v) is 15.7. The zero-order chi connectivity index (χ0) is 36.8. The third kappa shape index (κ3) is 4.30. The van der Waals surface area contributed by atoms with Gasteiger partial charge in [-0.3, -0.25) is 0 Å². The highest BCUT2D eigenvalue weighted by molar-refractivity contribution is 7.25. The molecule has 0 N–H and O–H groups in total. The molecule has 0 unspecified atom stereocenters. The van der Waals surface area contributed by atoms with Crippen LogP contribution in [0.15, 0.2) is 188 Å². The van der Waals surface area contributed by atoms with Gasteiger partial charge in [0.25, 0.3) is 0 Å². The summed E-state index contributed by atoms with van der Waals surface area (Å²) in [5.74, 6) is 1.97. The van der Waals surface area contributed by atoms with Crippen LogP contribution in [0.5, 0.6) is 0 Å². The molecule has 10 aromatic rings. The van der Waals surface area contributed by atoms with Crippen molar-refractivity contribution in [3.63, 3.8) is 0 Å². The molecule has 0 fully saturated rings. The van der Waals surface area contributed by atoms with Crippen LogP contribution in [0.3, 0.4) is 0 Å². The normalized spacial score (nSPS) is 13.1. The summed E-state index contributed by atoms with van der Waals surface area (Å²) in [6.07, 6.45) is 0. The first-order valence-electron chi connectivity index (χ1n) is 19.0. The van der Waals surface area contributed by atoms with Crippen molar-refractivity contribution in [1.82, 2.24) is 15.0 Å². The molecule has 8 aromatic carbocycles. The van der Waals surface area contributed by atoms with Crippen molar-refractivity contribution in [3.05, 3.63) is 210 Å². The molecule has 0 aliphatic heterocycles. The Bertz CT molecular complexity index is 3170. The van der Waals surface area contributed by atoms with Gasteiger partial charge in [0.05, 0.1) is 5.41 Å². The average molecular weight is 730 g/mol. The van der Waals surface area contributed by atoms with Crippen molar-refractivity contribution in [2.24, 2.45) is 0 Å². The van der Waals surface area contributed by atoms with Gasteiger partial charge >= 0.3 is 0 Å². The average Bonchev–Trinajstić information content (AvgIpc) is 3.91. The number of fused-ring (bicyclic) bond motifs is 13. The molecule has 0 saturated heterocycles. The van der Waals surface area contributed by atoms with E-state index < -0.39 is 5.41 Å². The molecule has 2 aromatic heterocycles. The van der Waals surface area contributed by atoms with Gasteiger partial charge in [0.15, 0.2) is 17.5 Å². The van der Waals surface area contributed by atoms with Gasteiger partial charge < -0.3 is 0 Å². The van der Waals surface area contributed by atoms with Crippen molar-refractivity contribution in [3.8, 4) is 67.5 Å². The topological polar surface area (TPSA) is 38.7 Å². The summed E-state index contributed by atoms with van der Waals surface area (Å²) in [6.45, 7) is 0. The van der Waals surface area contributed by atoms with E-state index in [2.05, 4.69) is 170 Å². The summed E-state index contributed by atoms with van der Waals surface area (Å²) in [6, 6.07) is 67.8. The van der Waals surface area contributed by atoms with Gasteiger partial charge in [-0.25, -0.2) is 15.0 Å². The van der Waals surface area contributed by atoms with Crippen LogP contribution in [-0.4, -0.2) is 15.0 Å². The van der Waals surface area contributed by atoms with Gasteiger partial charge in [0.1, 0.15) is 0 Å².